The fraction of sp³-hybridized carbons (Fsp3) is 0.545. The Balaban J connectivity index is 2.06. The van der Waals surface area contributed by atoms with Gasteiger partial charge in [0.1, 0.15) is 18.7 Å². The summed E-state index contributed by atoms with van der Waals surface area (Å²) >= 11 is 3.38. The topological polar surface area (TPSA) is 105 Å². The second-order valence-electron chi connectivity index (χ2n) is 4.51. The van der Waals surface area contributed by atoms with Crippen LogP contribution in [-0.4, -0.2) is 55.6 Å². The molecule has 1 fully saturated rings. The van der Waals surface area contributed by atoms with E-state index in [-0.39, 0.29) is 6.61 Å². The van der Waals surface area contributed by atoms with Crippen LogP contribution in [0.2, 0.25) is 0 Å². The van der Waals surface area contributed by atoms with Crippen molar-refractivity contribution in [3.05, 3.63) is 11.1 Å². The Labute approximate surface area is 122 Å². The quantitative estimate of drug-likeness (QED) is 0.687. The van der Waals surface area contributed by atoms with Crippen LogP contribution >= 0.6 is 15.9 Å². The van der Waals surface area contributed by atoms with Gasteiger partial charge in [0, 0.05) is 13.5 Å². The first-order valence-electron chi connectivity index (χ1n) is 6.16. The van der Waals surface area contributed by atoms with Crippen LogP contribution in [0.1, 0.15) is 12.6 Å². The van der Waals surface area contributed by atoms with Gasteiger partial charge in [-0.15, -0.1) is 0 Å². The molecule has 0 unspecified atom stereocenters. The van der Waals surface area contributed by atoms with E-state index in [2.05, 4.69) is 36.2 Å². The van der Waals surface area contributed by atoms with Gasteiger partial charge in [0.05, 0.1) is 12.7 Å². The highest BCUT2D eigenvalue weighted by molar-refractivity contribution is 9.10. The standard InChI is InChI=1S/C11H14BrN5O3/c1-13-9-8-10(15-4-14-9)17(11(12)16-8)7-2-5(19)6(3-18)20-7/h4-7,18-19H,2-3H2,1H3,(H,13,14,15)/t5-,6+,7+/m0/s1. The number of rotatable bonds is 3. The summed E-state index contributed by atoms with van der Waals surface area (Å²) in [4.78, 5) is 12.7. The summed E-state index contributed by atoms with van der Waals surface area (Å²) in [6, 6.07) is 0. The van der Waals surface area contributed by atoms with Gasteiger partial charge in [-0.1, -0.05) is 0 Å². The molecule has 0 aromatic carbocycles. The van der Waals surface area contributed by atoms with Crippen LogP contribution in [0.4, 0.5) is 5.82 Å². The van der Waals surface area contributed by atoms with Gasteiger partial charge in [-0.3, -0.25) is 4.57 Å². The lowest BCUT2D eigenvalue weighted by Crippen LogP contribution is -2.24. The summed E-state index contributed by atoms with van der Waals surface area (Å²) < 4.78 is 7.93. The first-order chi connectivity index (χ1) is 9.65. The van der Waals surface area contributed by atoms with Crippen LogP contribution in [0, 0.1) is 0 Å². The van der Waals surface area contributed by atoms with Gasteiger partial charge in [-0.25, -0.2) is 15.0 Å². The molecular weight excluding hydrogens is 330 g/mol. The monoisotopic (exact) mass is 343 g/mol. The molecule has 108 valence electrons. The van der Waals surface area contributed by atoms with Crippen molar-refractivity contribution >= 4 is 32.9 Å². The molecule has 3 atom stereocenters. The highest BCUT2D eigenvalue weighted by Crippen LogP contribution is 2.34. The van der Waals surface area contributed by atoms with E-state index in [1.54, 1.807) is 11.6 Å². The van der Waals surface area contributed by atoms with Crippen molar-refractivity contribution in [2.24, 2.45) is 0 Å². The Morgan fingerprint density at radius 3 is 3.00 bits per heavy atom. The Kier molecular flexibility index (Phi) is 3.59. The number of fused-ring (bicyclic) bond motifs is 1. The Bertz CT molecular complexity index is 634. The Morgan fingerprint density at radius 2 is 2.35 bits per heavy atom. The minimum atomic E-state index is -0.708. The number of halogens is 1. The van der Waals surface area contributed by atoms with Crippen LogP contribution in [-0.2, 0) is 4.74 Å². The molecule has 1 saturated heterocycles. The molecule has 8 nitrogen and oxygen atoms in total. The van der Waals surface area contributed by atoms with Crippen LogP contribution < -0.4 is 5.32 Å². The second kappa shape index (κ2) is 5.24. The lowest BCUT2D eigenvalue weighted by molar-refractivity contribution is -0.0439. The summed E-state index contributed by atoms with van der Waals surface area (Å²) in [5, 5.41) is 22.0. The van der Waals surface area contributed by atoms with Crippen molar-refractivity contribution in [3.63, 3.8) is 0 Å². The number of imidazole rings is 1. The molecule has 9 heteroatoms. The van der Waals surface area contributed by atoms with E-state index in [1.165, 1.54) is 6.33 Å². The molecular formula is C11H14BrN5O3. The number of hydrogen-bond acceptors (Lipinski definition) is 7. The first-order valence-corrected chi connectivity index (χ1v) is 6.95. The van der Waals surface area contributed by atoms with E-state index >= 15 is 0 Å². The number of ether oxygens (including phenoxy) is 1. The van der Waals surface area contributed by atoms with E-state index in [4.69, 9.17) is 9.84 Å². The molecule has 3 heterocycles. The number of nitrogens with zero attached hydrogens (tertiary/aromatic N) is 4. The van der Waals surface area contributed by atoms with Crippen LogP contribution in [0.5, 0.6) is 0 Å². The van der Waals surface area contributed by atoms with E-state index < -0.39 is 18.4 Å². The number of anilines is 1. The Morgan fingerprint density at radius 1 is 1.55 bits per heavy atom. The summed E-state index contributed by atoms with van der Waals surface area (Å²) in [7, 11) is 1.76. The van der Waals surface area contributed by atoms with Gasteiger partial charge < -0.3 is 20.3 Å². The van der Waals surface area contributed by atoms with Crippen molar-refractivity contribution in [1.29, 1.82) is 0 Å². The largest absolute Gasteiger partial charge is 0.394 e. The minimum absolute atomic E-state index is 0.224. The fourth-order valence-electron chi connectivity index (χ4n) is 2.36. The van der Waals surface area contributed by atoms with Crippen LogP contribution in [0.3, 0.4) is 0 Å². The van der Waals surface area contributed by atoms with Gasteiger partial charge in [0.25, 0.3) is 0 Å². The zero-order valence-corrected chi connectivity index (χ0v) is 12.3. The van der Waals surface area contributed by atoms with E-state index in [1.807, 2.05) is 0 Å². The maximum atomic E-state index is 9.84. The molecule has 0 bridgehead atoms. The SMILES string of the molecule is CNc1ncnc2c1nc(Br)n2[C@H]1C[C@H](O)[C@@H](CO)O1. The molecule has 2 aromatic heterocycles. The molecule has 2 aromatic rings. The summed E-state index contributed by atoms with van der Waals surface area (Å²) in [6.45, 7) is -0.224. The van der Waals surface area contributed by atoms with E-state index in [9.17, 15) is 5.11 Å². The lowest BCUT2D eigenvalue weighted by Gasteiger charge is -2.14. The van der Waals surface area contributed by atoms with Gasteiger partial charge in [-0.05, 0) is 15.9 Å². The highest BCUT2D eigenvalue weighted by Gasteiger charge is 2.36. The summed E-state index contributed by atoms with van der Waals surface area (Å²) in [6.07, 6.45) is 0.0815. The molecule has 0 spiro atoms. The van der Waals surface area contributed by atoms with E-state index in [0.29, 0.717) is 28.1 Å². The maximum absolute atomic E-state index is 9.84. The molecule has 0 aliphatic carbocycles. The average molecular weight is 344 g/mol. The predicted octanol–water partition coefficient (Wildman–Crippen LogP) is 0.271. The third-order valence-corrected chi connectivity index (χ3v) is 3.90. The number of aliphatic hydroxyl groups is 2. The normalized spacial score (nSPS) is 26.3. The third-order valence-electron chi connectivity index (χ3n) is 3.34. The minimum Gasteiger partial charge on any atom is -0.394 e. The zero-order chi connectivity index (χ0) is 14.3. The van der Waals surface area contributed by atoms with Crippen molar-refractivity contribution in [3.8, 4) is 0 Å². The summed E-state index contributed by atoms with van der Waals surface area (Å²) in [5.74, 6) is 0.617. The molecule has 0 saturated carbocycles. The van der Waals surface area contributed by atoms with Crippen molar-refractivity contribution in [1.82, 2.24) is 19.5 Å². The van der Waals surface area contributed by atoms with E-state index in [0.717, 1.165) is 0 Å². The average Bonchev–Trinajstić information content (AvgIpc) is 2.97. The molecule has 1 aliphatic rings. The Hall–Kier alpha value is -1.29. The smallest absolute Gasteiger partial charge is 0.181 e. The zero-order valence-electron chi connectivity index (χ0n) is 10.7. The molecule has 0 amide bonds. The van der Waals surface area contributed by atoms with Crippen molar-refractivity contribution in [2.75, 3.05) is 19.0 Å². The molecule has 20 heavy (non-hydrogen) atoms. The van der Waals surface area contributed by atoms with Gasteiger partial charge in [-0.2, -0.15) is 0 Å². The number of aromatic nitrogens is 4. The van der Waals surface area contributed by atoms with Gasteiger partial charge >= 0.3 is 0 Å². The fourth-order valence-corrected chi connectivity index (χ4v) is 2.93. The highest BCUT2D eigenvalue weighted by atomic mass is 79.9. The first kappa shape index (κ1) is 13.7. The second-order valence-corrected chi connectivity index (χ2v) is 5.22. The summed E-state index contributed by atoms with van der Waals surface area (Å²) in [5.41, 5.74) is 1.22. The van der Waals surface area contributed by atoms with Crippen LogP contribution in [0.25, 0.3) is 11.2 Å². The molecule has 3 N–H and O–H groups in total. The van der Waals surface area contributed by atoms with Gasteiger partial charge in [0.2, 0.25) is 0 Å². The third kappa shape index (κ3) is 2.06. The van der Waals surface area contributed by atoms with Crippen molar-refractivity contribution in [2.45, 2.75) is 24.9 Å². The van der Waals surface area contributed by atoms with Crippen LogP contribution in [0.15, 0.2) is 11.1 Å². The predicted molar refractivity (Wildman–Crippen MR) is 74.2 cm³/mol. The van der Waals surface area contributed by atoms with Gasteiger partial charge in [0.15, 0.2) is 21.7 Å². The van der Waals surface area contributed by atoms with Crippen molar-refractivity contribution < 1.29 is 14.9 Å². The number of aliphatic hydroxyl groups excluding tert-OH is 2. The lowest BCUT2D eigenvalue weighted by atomic mass is 10.2. The maximum Gasteiger partial charge on any atom is 0.181 e. The number of nitrogens with one attached hydrogen (secondary N) is 1. The molecule has 1 aliphatic heterocycles. The molecule has 3 rings (SSSR count). The molecule has 0 radical (unpaired) electrons. The number of hydrogen-bond donors (Lipinski definition) is 3.